The number of allylic oxidation sites excluding steroid dienone is 1. The number of rotatable bonds is 9. The van der Waals surface area contributed by atoms with Crippen molar-refractivity contribution in [1.29, 1.82) is 0 Å². The van der Waals surface area contributed by atoms with Crippen molar-refractivity contribution < 1.29 is 24.1 Å². The number of methoxy groups -OCH3 is 4. The highest BCUT2D eigenvalue weighted by atomic mass is 16.5. The molecule has 0 aliphatic rings. The van der Waals surface area contributed by atoms with Crippen molar-refractivity contribution in [2.75, 3.05) is 28.4 Å². The van der Waals surface area contributed by atoms with Gasteiger partial charge < -0.3 is 24.1 Å². The van der Waals surface area contributed by atoms with E-state index >= 15 is 0 Å². The Bertz CT molecular complexity index is 656. The SMILES string of the molecule is C=C(/C=C(OC)\C(=C/CC)OC)C(C)(O)c1ccc(OC)c(OC)c1. The van der Waals surface area contributed by atoms with Gasteiger partial charge in [-0.3, -0.25) is 0 Å². The summed E-state index contributed by atoms with van der Waals surface area (Å²) in [4.78, 5) is 0. The zero-order valence-corrected chi connectivity index (χ0v) is 15.9. The van der Waals surface area contributed by atoms with Crippen LogP contribution in [0.2, 0.25) is 0 Å². The topological polar surface area (TPSA) is 57.2 Å². The van der Waals surface area contributed by atoms with Crippen molar-refractivity contribution in [2.45, 2.75) is 25.9 Å². The lowest BCUT2D eigenvalue weighted by molar-refractivity contribution is 0.101. The minimum Gasteiger partial charge on any atom is -0.493 e. The van der Waals surface area contributed by atoms with E-state index in [0.29, 0.717) is 34.2 Å². The number of aliphatic hydroxyl groups is 1. The zero-order chi connectivity index (χ0) is 19.0. The molecule has 0 radical (unpaired) electrons. The van der Waals surface area contributed by atoms with Crippen molar-refractivity contribution in [3.8, 4) is 11.5 Å². The standard InChI is InChI=1S/C20H28O5/c1-8-9-16(22-4)18(24-6)12-14(2)20(3,21)15-10-11-17(23-5)19(13-15)25-7/h9-13,21H,2,8H2,1,3-7H3/b16-9+,18-12+. The first kappa shape index (κ1) is 20.6. The summed E-state index contributed by atoms with van der Waals surface area (Å²) in [6, 6.07) is 5.24. The normalized spacial score (nSPS) is 14.5. The number of benzene rings is 1. The maximum atomic E-state index is 11.0. The minimum atomic E-state index is -1.33. The third kappa shape index (κ3) is 4.79. The lowest BCUT2D eigenvalue weighted by atomic mass is 9.88. The Balaban J connectivity index is 3.26. The average Bonchev–Trinajstić information content (AvgIpc) is 2.63. The van der Waals surface area contributed by atoms with E-state index in [2.05, 4.69) is 6.58 Å². The van der Waals surface area contributed by atoms with Crippen LogP contribution >= 0.6 is 0 Å². The molecule has 0 bridgehead atoms. The summed E-state index contributed by atoms with van der Waals surface area (Å²) in [6.07, 6.45) is 4.36. The van der Waals surface area contributed by atoms with Gasteiger partial charge >= 0.3 is 0 Å². The van der Waals surface area contributed by atoms with Crippen LogP contribution in [0, 0.1) is 0 Å². The molecular weight excluding hydrogens is 320 g/mol. The second-order valence-corrected chi connectivity index (χ2v) is 5.56. The first-order chi connectivity index (χ1) is 11.8. The van der Waals surface area contributed by atoms with Crippen LogP contribution in [-0.2, 0) is 15.1 Å². The molecule has 0 saturated carbocycles. The van der Waals surface area contributed by atoms with Gasteiger partial charge in [-0.25, -0.2) is 0 Å². The number of ether oxygens (including phenoxy) is 4. The maximum Gasteiger partial charge on any atom is 0.161 e. The lowest BCUT2D eigenvalue weighted by Crippen LogP contribution is -2.23. The molecule has 138 valence electrons. The predicted molar refractivity (Wildman–Crippen MR) is 98.7 cm³/mol. The monoisotopic (exact) mass is 348 g/mol. The van der Waals surface area contributed by atoms with E-state index in [-0.39, 0.29) is 0 Å². The van der Waals surface area contributed by atoms with Crippen LogP contribution in [0.25, 0.3) is 0 Å². The highest BCUT2D eigenvalue weighted by Crippen LogP contribution is 2.36. The largest absolute Gasteiger partial charge is 0.493 e. The molecule has 0 aliphatic heterocycles. The van der Waals surface area contributed by atoms with Crippen molar-refractivity contribution >= 4 is 0 Å². The Morgan fingerprint density at radius 2 is 1.68 bits per heavy atom. The highest BCUT2D eigenvalue weighted by Gasteiger charge is 2.28. The average molecular weight is 348 g/mol. The molecule has 1 atom stereocenters. The molecule has 0 heterocycles. The first-order valence-electron chi connectivity index (χ1n) is 8.00. The van der Waals surface area contributed by atoms with Gasteiger partial charge in [0.05, 0.1) is 28.4 Å². The predicted octanol–water partition coefficient (Wildman–Crippen LogP) is 3.94. The summed E-state index contributed by atoms with van der Waals surface area (Å²) in [5.41, 5.74) is -0.245. The van der Waals surface area contributed by atoms with Gasteiger partial charge in [-0.05, 0) is 48.8 Å². The summed E-state index contributed by atoms with van der Waals surface area (Å²) < 4.78 is 21.3. The van der Waals surface area contributed by atoms with Gasteiger partial charge in [0, 0.05) is 0 Å². The van der Waals surface area contributed by atoms with E-state index in [0.717, 1.165) is 6.42 Å². The van der Waals surface area contributed by atoms with Crippen LogP contribution in [0.1, 0.15) is 25.8 Å². The molecule has 1 aromatic rings. The second-order valence-electron chi connectivity index (χ2n) is 5.56. The van der Waals surface area contributed by atoms with Gasteiger partial charge in [0.15, 0.2) is 23.0 Å². The van der Waals surface area contributed by atoms with Crippen molar-refractivity contribution in [3.63, 3.8) is 0 Å². The zero-order valence-electron chi connectivity index (χ0n) is 15.9. The van der Waals surface area contributed by atoms with Crippen LogP contribution in [-0.4, -0.2) is 33.5 Å². The molecule has 0 amide bonds. The van der Waals surface area contributed by atoms with Crippen LogP contribution in [0.4, 0.5) is 0 Å². The van der Waals surface area contributed by atoms with Crippen LogP contribution < -0.4 is 9.47 Å². The fourth-order valence-corrected chi connectivity index (χ4v) is 2.32. The quantitative estimate of drug-likeness (QED) is 0.541. The van der Waals surface area contributed by atoms with E-state index in [1.807, 2.05) is 13.0 Å². The van der Waals surface area contributed by atoms with Gasteiger partial charge in [-0.15, -0.1) is 0 Å². The Morgan fingerprint density at radius 3 is 2.16 bits per heavy atom. The first-order valence-corrected chi connectivity index (χ1v) is 8.00. The van der Waals surface area contributed by atoms with E-state index in [4.69, 9.17) is 18.9 Å². The highest BCUT2D eigenvalue weighted by molar-refractivity contribution is 5.48. The van der Waals surface area contributed by atoms with Gasteiger partial charge in [0.1, 0.15) is 5.60 Å². The molecule has 0 saturated heterocycles. The Morgan fingerprint density at radius 1 is 1.08 bits per heavy atom. The summed E-state index contributed by atoms with van der Waals surface area (Å²) >= 11 is 0. The maximum absolute atomic E-state index is 11.0. The van der Waals surface area contributed by atoms with Crippen LogP contribution in [0.3, 0.4) is 0 Å². The summed E-state index contributed by atoms with van der Waals surface area (Å²) in [6.45, 7) is 7.67. The van der Waals surface area contributed by atoms with Gasteiger partial charge in [0.25, 0.3) is 0 Å². The molecule has 5 heteroatoms. The van der Waals surface area contributed by atoms with E-state index in [9.17, 15) is 5.11 Å². The van der Waals surface area contributed by atoms with E-state index in [1.165, 1.54) is 0 Å². The second kappa shape index (κ2) is 9.18. The number of hydrogen-bond donors (Lipinski definition) is 1. The molecule has 1 rings (SSSR count). The summed E-state index contributed by atoms with van der Waals surface area (Å²) in [7, 11) is 6.24. The number of hydrogen-bond acceptors (Lipinski definition) is 5. The molecule has 25 heavy (non-hydrogen) atoms. The van der Waals surface area contributed by atoms with E-state index in [1.54, 1.807) is 59.6 Å². The van der Waals surface area contributed by atoms with Gasteiger partial charge in [-0.2, -0.15) is 0 Å². The molecule has 0 fully saturated rings. The van der Waals surface area contributed by atoms with Crippen molar-refractivity contribution in [2.24, 2.45) is 0 Å². The van der Waals surface area contributed by atoms with Crippen molar-refractivity contribution in [3.05, 3.63) is 59.6 Å². The van der Waals surface area contributed by atoms with Crippen LogP contribution in [0.15, 0.2) is 54.0 Å². The molecule has 0 aromatic heterocycles. The van der Waals surface area contributed by atoms with Crippen molar-refractivity contribution in [1.82, 2.24) is 0 Å². The third-order valence-electron chi connectivity index (χ3n) is 3.95. The smallest absolute Gasteiger partial charge is 0.161 e. The van der Waals surface area contributed by atoms with Gasteiger partial charge in [-0.1, -0.05) is 19.6 Å². The fraction of sp³-hybridized carbons (Fsp3) is 0.400. The molecule has 1 aromatic carbocycles. The summed E-state index contributed by atoms with van der Waals surface area (Å²) in [5, 5.41) is 11.0. The molecule has 1 N–H and O–H groups in total. The molecule has 0 aliphatic carbocycles. The minimum absolute atomic E-state index is 0.454. The lowest BCUT2D eigenvalue weighted by Gasteiger charge is -2.26. The van der Waals surface area contributed by atoms with E-state index < -0.39 is 5.60 Å². The molecule has 0 spiro atoms. The molecule has 5 nitrogen and oxygen atoms in total. The molecule has 1 unspecified atom stereocenters. The Kier molecular flexibility index (Phi) is 7.58. The van der Waals surface area contributed by atoms with Gasteiger partial charge in [0.2, 0.25) is 0 Å². The fourth-order valence-electron chi connectivity index (χ4n) is 2.32. The summed E-state index contributed by atoms with van der Waals surface area (Å²) in [5.74, 6) is 2.21. The Hall–Kier alpha value is -2.40. The van der Waals surface area contributed by atoms with Crippen LogP contribution in [0.5, 0.6) is 11.5 Å². The molecular formula is C20H28O5. The third-order valence-corrected chi connectivity index (χ3v) is 3.95. The Labute approximate surface area is 150 Å².